The van der Waals surface area contributed by atoms with Gasteiger partial charge in [0, 0.05) is 12.2 Å². The minimum Gasteiger partial charge on any atom is -0.480 e. The van der Waals surface area contributed by atoms with Gasteiger partial charge in [0.15, 0.2) is 1.41 Å². The van der Waals surface area contributed by atoms with E-state index < -0.39 is 72.5 Å². The SMILES string of the molecule is [2H]N(C(=O)CN1C(=O)C=CC1=O)[C@@H](C)C(=O)N[C@@H](C)C(=O)N[C@@H](CC(N)=O)C(=O)O. The first-order valence-corrected chi connectivity index (χ1v) is 8.31. The maximum Gasteiger partial charge on any atom is 0.326 e. The highest BCUT2D eigenvalue weighted by Crippen LogP contribution is 2.02. The van der Waals surface area contributed by atoms with E-state index in [9.17, 15) is 33.6 Å². The Morgan fingerprint density at radius 1 is 1.07 bits per heavy atom. The summed E-state index contributed by atoms with van der Waals surface area (Å²) in [5.74, 6) is -6.81. The summed E-state index contributed by atoms with van der Waals surface area (Å²) >= 11 is 0. The normalized spacial score (nSPS) is 16.5. The Hall–Kier alpha value is -3.77. The Bertz CT molecular complexity index is 795. The molecule has 1 heterocycles. The molecule has 6 amide bonds. The first kappa shape index (κ1) is 21.5. The van der Waals surface area contributed by atoms with Crippen LogP contribution >= 0.6 is 0 Å². The monoisotopic (exact) mass is 412 g/mol. The van der Waals surface area contributed by atoms with E-state index in [0.29, 0.717) is 4.90 Å². The molecule has 1 aliphatic rings. The molecule has 3 atom stereocenters. The van der Waals surface area contributed by atoms with Crippen LogP contribution < -0.4 is 21.7 Å². The lowest BCUT2D eigenvalue weighted by Crippen LogP contribution is -2.55. The quantitative estimate of drug-likeness (QED) is 0.226. The van der Waals surface area contributed by atoms with Crippen LogP contribution in [0.5, 0.6) is 0 Å². The maximum atomic E-state index is 12.2. The number of hydrogen-bond acceptors (Lipinski definition) is 7. The van der Waals surface area contributed by atoms with Crippen LogP contribution in [0.15, 0.2) is 12.2 Å². The van der Waals surface area contributed by atoms with Gasteiger partial charge in [-0.1, -0.05) is 0 Å². The molecule has 0 saturated heterocycles. The molecular formula is C16H21N5O8. The van der Waals surface area contributed by atoms with Crippen molar-refractivity contribution in [2.75, 3.05) is 6.54 Å². The van der Waals surface area contributed by atoms with Gasteiger partial charge in [0.1, 0.15) is 24.7 Å². The Kier molecular flexibility index (Phi) is 7.40. The molecule has 0 saturated carbocycles. The van der Waals surface area contributed by atoms with Crippen molar-refractivity contribution in [1.82, 2.24) is 20.8 Å². The van der Waals surface area contributed by atoms with Crippen LogP contribution in [0.25, 0.3) is 0 Å². The number of aliphatic carboxylic acids is 1. The molecule has 29 heavy (non-hydrogen) atoms. The van der Waals surface area contributed by atoms with Crippen molar-refractivity contribution >= 4 is 41.4 Å². The number of nitrogens with zero attached hydrogens (tertiary/aromatic N) is 1. The number of nitrogens with one attached hydrogen (secondary N) is 3. The van der Waals surface area contributed by atoms with E-state index in [1.807, 2.05) is 5.32 Å². The number of carboxylic acid groups (broad SMARTS) is 1. The lowest BCUT2D eigenvalue weighted by atomic mass is 10.1. The molecule has 6 N–H and O–H groups in total. The molecule has 0 bridgehead atoms. The van der Waals surface area contributed by atoms with Gasteiger partial charge < -0.3 is 26.8 Å². The van der Waals surface area contributed by atoms with Crippen LogP contribution in [-0.2, 0) is 33.6 Å². The molecule has 0 aliphatic carbocycles. The summed E-state index contributed by atoms with van der Waals surface area (Å²) in [4.78, 5) is 81.8. The smallest absolute Gasteiger partial charge is 0.326 e. The average molecular weight is 412 g/mol. The van der Waals surface area contributed by atoms with Gasteiger partial charge in [-0.3, -0.25) is 33.7 Å². The Morgan fingerprint density at radius 2 is 1.59 bits per heavy atom. The standard InChI is InChI=1S/C16H21N5O8/c1-7(18-11(23)6-21-12(24)3-4-13(21)25)14(26)19-8(2)15(27)20-9(16(28)29)5-10(17)22/h3-4,7-9H,5-6H2,1-2H3,(H2,17,22)(H,18,23)(H,19,26)(H,20,27)(H,28,29)/t7-,8-,9-/m0/s1/i/hD. The van der Waals surface area contributed by atoms with Gasteiger partial charge in [0.2, 0.25) is 23.6 Å². The number of imide groups is 1. The van der Waals surface area contributed by atoms with Crippen LogP contribution in [0.2, 0.25) is 1.41 Å². The molecule has 0 radical (unpaired) electrons. The van der Waals surface area contributed by atoms with Crippen LogP contribution in [0.4, 0.5) is 0 Å². The van der Waals surface area contributed by atoms with Crippen LogP contribution in [0.1, 0.15) is 20.3 Å². The molecular weight excluding hydrogens is 390 g/mol. The number of carboxylic acids is 1. The molecule has 13 nitrogen and oxygen atoms in total. The Morgan fingerprint density at radius 3 is 2.07 bits per heavy atom. The molecule has 1 aliphatic heterocycles. The van der Waals surface area contributed by atoms with Gasteiger partial charge in [0.05, 0.1) is 6.42 Å². The molecule has 0 aromatic rings. The van der Waals surface area contributed by atoms with Crippen LogP contribution in [0.3, 0.4) is 0 Å². The molecule has 0 spiro atoms. The van der Waals surface area contributed by atoms with Crippen molar-refractivity contribution in [3.63, 3.8) is 0 Å². The number of carbonyl (C=O) groups excluding carboxylic acids is 6. The second kappa shape index (κ2) is 9.96. The summed E-state index contributed by atoms with van der Waals surface area (Å²) in [6.45, 7) is 1.64. The number of nitrogens with two attached hydrogens (primary N) is 1. The number of rotatable bonds is 10. The highest BCUT2D eigenvalue weighted by atomic mass is 16.4. The third-order valence-electron chi connectivity index (χ3n) is 3.68. The van der Waals surface area contributed by atoms with Gasteiger partial charge in [-0.25, -0.2) is 4.79 Å². The minimum atomic E-state index is -1.59. The number of primary amides is 1. The highest BCUT2D eigenvalue weighted by molar-refractivity contribution is 6.14. The second-order valence-electron chi connectivity index (χ2n) is 6.09. The number of carbonyl (C=O) groups is 7. The van der Waals surface area contributed by atoms with Crippen LogP contribution in [0, 0.1) is 0 Å². The van der Waals surface area contributed by atoms with E-state index >= 15 is 0 Å². The third-order valence-corrected chi connectivity index (χ3v) is 3.68. The predicted octanol–water partition coefficient (Wildman–Crippen LogP) is -3.63. The molecule has 0 aromatic carbocycles. The zero-order valence-electron chi connectivity index (χ0n) is 16.6. The second-order valence-corrected chi connectivity index (χ2v) is 6.09. The van der Waals surface area contributed by atoms with E-state index in [-0.39, 0.29) is 5.31 Å². The van der Waals surface area contributed by atoms with E-state index in [0.717, 1.165) is 12.2 Å². The summed E-state index contributed by atoms with van der Waals surface area (Å²) in [5.41, 5.74) is 4.91. The lowest BCUT2D eigenvalue weighted by Gasteiger charge is -2.21. The number of amides is 6. The van der Waals surface area contributed by atoms with E-state index in [4.69, 9.17) is 12.3 Å². The van der Waals surface area contributed by atoms with Crippen LogP contribution in [-0.4, -0.2) is 76.1 Å². The van der Waals surface area contributed by atoms with Crippen molar-refractivity contribution < 1.29 is 40.1 Å². The fourth-order valence-electron chi connectivity index (χ4n) is 2.14. The van der Waals surface area contributed by atoms with Crippen molar-refractivity contribution in [3.8, 4) is 0 Å². The summed E-state index contributed by atoms with van der Waals surface area (Å²) < 4.78 is 7.73. The molecule has 1 rings (SSSR count). The largest absolute Gasteiger partial charge is 0.480 e. The van der Waals surface area contributed by atoms with Crippen molar-refractivity contribution in [2.45, 2.75) is 38.4 Å². The highest BCUT2D eigenvalue weighted by Gasteiger charge is 2.28. The van der Waals surface area contributed by atoms with Crippen molar-refractivity contribution in [3.05, 3.63) is 12.2 Å². The first-order valence-electron chi connectivity index (χ1n) is 8.76. The Balaban J connectivity index is 2.64. The van der Waals surface area contributed by atoms with Gasteiger partial charge in [-0.15, -0.1) is 0 Å². The first-order chi connectivity index (χ1) is 13.8. The summed E-state index contributed by atoms with van der Waals surface area (Å²) in [6, 6.07) is -4.27. The van der Waals surface area contributed by atoms with E-state index in [1.54, 1.807) is 0 Å². The molecule has 158 valence electrons. The third kappa shape index (κ3) is 7.04. The maximum absolute atomic E-state index is 12.2. The minimum absolute atomic E-state index is 0.242. The van der Waals surface area contributed by atoms with Gasteiger partial charge in [-0.05, 0) is 13.8 Å². The van der Waals surface area contributed by atoms with Gasteiger partial charge in [0.25, 0.3) is 11.8 Å². The van der Waals surface area contributed by atoms with E-state index in [2.05, 4.69) is 5.32 Å². The predicted molar refractivity (Wildman–Crippen MR) is 94.4 cm³/mol. The molecule has 13 heteroatoms. The summed E-state index contributed by atoms with van der Waals surface area (Å²) in [7, 11) is 0. The van der Waals surface area contributed by atoms with Gasteiger partial charge in [-0.2, -0.15) is 0 Å². The van der Waals surface area contributed by atoms with Gasteiger partial charge >= 0.3 is 5.97 Å². The summed E-state index contributed by atoms with van der Waals surface area (Å²) in [6.07, 6.45) is 1.27. The molecule has 0 fully saturated rings. The average Bonchev–Trinajstić information content (AvgIpc) is 2.97. The fraction of sp³-hybridized carbons (Fsp3) is 0.438. The topological polar surface area (TPSA) is 205 Å². The Labute approximate surface area is 166 Å². The number of hydrogen-bond donors (Lipinski definition) is 5. The summed E-state index contributed by atoms with van der Waals surface area (Å²) in [5, 5.41) is 13.4. The fourth-order valence-corrected chi connectivity index (χ4v) is 2.14. The van der Waals surface area contributed by atoms with Crippen molar-refractivity contribution in [1.29, 1.82) is 0 Å². The zero-order chi connectivity index (χ0) is 23.2. The molecule has 0 unspecified atom stereocenters. The lowest BCUT2D eigenvalue weighted by molar-refractivity contribution is -0.143. The molecule has 0 aromatic heterocycles. The van der Waals surface area contributed by atoms with Crippen molar-refractivity contribution in [2.24, 2.45) is 5.73 Å². The van der Waals surface area contributed by atoms with E-state index in [1.165, 1.54) is 13.8 Å². The zero-order valence-corrected chi connectivity index (χ0v) is 15.6.